The molecule has 2 heterocycles. The minimum absolute atomic E-state index is 0.0268. The van der Waals surface area contributed by atoms with Crippen molar-refractivity contribution in [2.45, 2.75) is 46.1 Å². The van der Waals surface area contributed by atoms with E-state index in [4.69, 9.17) is 11.5 Å². The zero-order valence-electron chi connectivity index (χ0n) is 16.9. The number of thiazole rings is 1. The average molecular weight is 403 g/mol. The Morgan fingerprint density at radius 1 is 1.54 bits per heavy atom. The maximum absolute atomic E-state index is 12.6. The normalized spacial score (nSPS) is 18.9. The van der Waals surface area contributed by atoms with Gasteiger partial charge in [0.2, 0.25) is 0 Å². The van der Waals surface area contributed by atoms with Crippen LogP contribution in [0.15, 0.2) is 41.2 Å². The topological polar surface area (TPSA) is 110 Å². The van der Waals surface area contributed by atoms with Crippen LogP contribution in [-0.4, -0.2) is 40.8 Å². The van der Waals surface area contributed by atoms with Crippen molar-refractivity contribution < 1.29 is 4.79 Å². The molecule has 0 aromatic carbocycles. The molecule has 1 amide bonds. The number of amidine groups is 1. The SMILES string of the molecule is C=CN=C(N)C(=CC)C(=CCC)N1CCCC(NC(=O)c2sc(C)nc2N)C1. The fourth-order valence-corrected chi connectivity index (χ4v) is 4.11. The fourth-order valence-electron chi connectivity index (χ4n) is 3.37. The number of nitrogens with zero attached hydrogens (tertiary/aromatic N) is 3. The van der Waals surface area contributed by atoms with Crippen molar-refractivity contribution in [2.75, 3.05) is 18.8 Å². The molecular formula is C20H30N6OS. The third-order valence-electron chi connectivity index (χ3n) is 4.53. The van der Waals surface area contributed by atoms with Gasteiger partial charge in [-0.2, -0.15) is 0 Å². The summed E-state index contributed by atoms with van der Waals surface area (Å²) < 4.78 is 0. The number of aromatic nitrogens is 1. The van der Waals surface area contributed by atoms with Gasteiger partial charge >= 0.3 is 0 Å². The van der Waals surface area contributed by atoms with Gasteiger partial charge in [0.1, 0.15) is 16.5 Å². The van der Waals surface area contributed by atoms with E-state index in [1.807, 2.05) is 19.9 Å². The van der Waals surface area contributed by atoms with Gasteiger partial charge in [0, 0.05) is 36.6 Å². The minimum Gasteiger partial charge on any atom is -0.383 e. The van der Waals surface area contributed by atoms with Gasteiger partial charge in [-0.05, 0) is 33.1 Å². The largest absolute Gasteiger partial charge is 0.383 e. The van der Waals surface area contributed by atoms with E-state index in [-0.39, 0.29) is 11.9 Å². The number of nitrogen functional groups attached to an aromatic ring is 1. The highest BCUT2D eigenvalue weighted by Gasteiger charge is 2.26. The Morgan fingerprint density at radius 2 is 2.29 bits per heavy atom. The number of anilines is 1. The highest BCUT2D eigenvalue weighted by Crippen LogP contribution is 2.24. The van der Waals surface area contributed by atoms with Crippen LogP contribution in [-0.2, 0) is 0 Å². The van der Waals surface area contributed by atoms with E-state index in [1.54, 1.807) is 0 Å². The van der Waals surface area contributed by atoms with Crippen LogP contribution in [0, 0.1) is 6.92 Å². The molecule has 1 saturated heterocycles. The maximum Gasteiger partial charge on any atom is 0.265 e. The summed E-state index contributed by atoms with van der Waals surface area (Å²) >= 11 is 1.32. The van der Waals surface area contributed by atoms with Gasteiger partial charge < -0.3 is 21.7 Å². The van der Waals surface area contributed by atoms with Gasteiger partial charge in [0.15, 0.2) is 0 Å². The van der Waals surface area contributed by atoms with Crippen molar-refractivity contribution in [3.63, 3.8) is 0 Å². The van der Waals surface area contributed by atoms with Crippen LogP contribution in [0.4, 0.5) is 5.82 Å². The number of nitrogens with one attached hydrogen (secondary N) is 1. The molecule has 0 spiro atoms. The van der Waals surface area contributed by atoms with Crippen LogP contribution in [0.25, 0.3) is 0 Å². The predicted octanol–water partition coefficient (Wildman–Crippen LogP) is 2.97. The molecule has 1 unspecified atom stereocenters. The van der Waals surface area contributed by atoms with Gasteiger partial charge in [-0.3, -0.25) is 4.79 Å². The lowest BCUT2D eigenvalue weighted by atomic mass is 10.0. The molecule has 2 rings (SSSR count). The summed E-state index contributed by atoms with van der Waals surface area (Å²) in [5.74, 6) is 0.579. The third-order valence-corrected chi connectivity index (χ3v) is 5.52. The highest BCUT2D eigenvalue weighted by molar-refractivity contribution is 7.14. The first-order valence-corrected chi connectivity index (χ1v) is 10.3. The monoisotopic (exact) mass is 402 g/mol. The van der Waals surface area contributed by atoms with E-state index in [0.717, 1.165) is 42.1 Å². The second kappa shape index (κ2) is 10.1. The molecular weight excluding hydrogens is 372 g/mol. The zero-order chi connectivity index (χ0) is 20.7. The number of carbonyl (C=O) groups is 1. The van der Waals surface area contributed by atoms with Crippen LogP contribution < -0.4 is 16.8 Å². The molecule has 0 aliphatic carbocycles. The molecule has 0 radical (unpaired) electrons. The predicted molar refractivity (Wildman–Crippen MR) is 117 cm³/mol. The molecule has 8 heteroatoms. The van der Waals surface area contributed by atoms with Crippen LogP contribution >= 0.6 is 11.3 Å². The molecule has 0 saturated carbocycles. The van der Waals surface area contributed by atoms with E-state index in [0.29, 0.717) is 23.1 Å². The summed E-state index contributed by atoms with van der Waals surface area (Å²) in [4.78, 5) is 23.6. The van der Waals surface area contributed by atoms with E-state index in [9.17, 15) is 4.79 Å². The zero-order valence-corrected chi connectivity index (χ0v) is 17.7. The van der Waals surface area contributed by atoms with Crippen molar-refractivity contribution >= 4 is 28.9 Å². The number of aryl methyl sites for hydroxylation is 1. The first kappa shape index (κ1) is 21.7. The Hall–Kier alpha value is -2.61. The number of rotatable bonds is 7. The molecule has 1 aliphatic heterocycles. The van der Waals surface area contributed by atoms with Crippen LogP contribution in [0.1, 0.15) is 47.8 Å². The number of aliphatic imine (C=N–C) groups is 1. The molecule has 1 aromatic rings. The number of carbonyl (C=O) groups excluding carboxylic acids is 1. The van der Waals surface area contributed by atoms with Crippen molar-refractivity contribution in [1.29, 1.82) is 0 Å². The van der Waals surface area contributed by atoms with Crippen molar-refractivity contribution in [2.24, 2.45) is 10.7 Å². The van der Waals surface area contributed by atoms with Crippen molar-refractivity contribution in [1.82, 2.24) is 15.2 Å². The first-order chi connectivity index (χ1) is 13.4. The first-order valence-electron chi connectivity index (χ1n) is 9.51. The van der Waals surface area contributed by atoms with Gasteiger partial charge in [-0.15, -0.1) is 11.3 Å². The standard InChI is InChI=1S/C20H30N6OS/c1-5-9-16(15(6-2)18(21)23-7-3)26-11-8-10-14(12-26)25-20(27)17-19(22)24-13(4)28-17/h6-7,9,14H,3,5,8,10-12,22H2,1-2,4H3,(H2,21,23)(H,25,27). The maximum atomic E-state index is 12.6. The third kappa shape index (κ3) is 5.22. The minimum atomic E-state index is -0.157. The Morgan fingerprint density at radius 3 is 2.86 bits per heavy atom. The van der Waals surface area contributed by atoms with E-state index < -0.39 is 0 Å². The van der Waals surface area contributed by atoms with Crippen LogP contribution in [0.2, 0.25) is 0 Å². The quantitative estimate of drug-likeness (QED) is 0.369. The van der Waals surface area contributed by atoms with Crippen molar-refractivity contribution in [3.8, 4) is 0 Å². The Balaban J connectivity index is 2.16. The van der Waals surface area contributed by atoms with Gasteiger partial charge in [-0.1, -0.05) is 25.7 Å². The Bertz CT molecular complexity index is 808. The summed E-state index contributed by atoms with van der Waals surface area (Å²) in [6.07, 6.45) is 8.32. The Kier molecular flexibility index (Phi) is 7.80. The summed E-state index contributed by atoms with van der Waals surface area (Å²) in [5.41, 5.74) is 13.9. The highest BCUT2D eigenvalue weighted by atomic mass is 32.1. The number of likely N-dealkylation sites (tertiary alicyclic amines) is 1. The number of allylic oxidation sites excluding steroid dienone is 2. The molecule has 28 heavy (non-hydrogen) atoms. The second-order valence-corrected chi connectivity index (χ2v) is 7.81. The molecule has 7 nitrogen and oxygen atoms in total. The summed E-state index contributed by atoms with van der Waals surface area (Å²) in [5, 5.41) is 3.90. The van der Waals surface area contributed by atoms with Gasteiger partial charge in [0.25, 0.3) is 5.91 Å². The second-order valence-electron chi connectivity index (χ2n) is 6.60. The van der Waals surface area contributed by atoms with Crippen molar-refractivity contribution in [3.05, 3.63) is 46.1 Å². The molecule has 1 aliphatic rings. The van der Waals surface area contributed by atoms with Gasteiger partial charge in [-0.25, -0.2) is 9.98 Å². The number of hydrogen-bond donors (Lipinski definition) is 3. The molecule has 1 fully saturated rings. The average Bonchev–Trinajstić information content (AvgIpc) is 3.00. The van der Waals surface area contributed by atoms with Crippen LogP contribution in [0.5, 0.6) is 0 Å². The van der Waals surface area contributed by atoms with E-state index in [1.165, 1.54) is 17.5 Å². The molecule has 1 aromatic heterocycles. The number of hydrogen-bond acceptors (Lipinski definition) is 6. The molecule has 1 atom stereocenters. The molecule has 5 N–H and O–H groups in total. The lowest BCUT2D eigenvalue weighted by molar-refractivity contribution is 0.0919. The summed E-state index contributed by atoms with van der Waals surface area (Å²) in [6, 6.07) is 0.0268. The number of amides is 1. The Labute approximate surface area is 170 Å². The van der Waals surface area contributed by atoms with E-state index in [2.05, 4.69) is 39.8 Å². The summed E-state index contributed by atoms with van der Waals surface area (Å²) in [7, 11) is 0. The number of nitrogens with two attached hydrogens (primary N) is 2. The van der Waals surface area contributed by atoms with Gasteiger partial charge in [0.05, 0.1) is 5.01 Å². The lowest BCUT2D eigenvalue weighted by Crippen LogP contribution is -2.47. The fraction of sp³-hybridized carbons (Fsp3) is 0.450. The molecule has 0 bridgehead atoms. The number of piperidine rings is 1. The lowest BCUT2D eigenvalue weighted by Gasteiger charge is -2.37. The molecule has 152 valence electrons. The smallest absolute Gasteiger partial charge is 0.265 e. The summed E-state index contributed by atoms with van der Waals surface area (Å²) in [6.45, 7) is 11.1. The van der Waals surface area contributed by atoms with Crippen LogP contribution in [0.3, 0.4) is 0 Å². The van der Waals surface area contributed by atoms with E-state index >= 15 is 0 Å².